The van der Waals surface area contributed by atoms with E-state index in [-0.39, 0.29) is 5.78 Å². The summed E-state index contributed by atoms with van der Waals surface area (Å²) >= 11 is 0. The van der Waals surface area contributed by atoms with Gasteiger partial charge in [-0.05, 0) is 32.4 Å². The van der Waals surface area contributed by atoms with Crippen LogP contribution in [0.2, 0.25) is 0 Å². The molecule has 0 spiro atoms. The first-order valence-corrected chi connectivity index (χ1v) is 9.09. The average molecular weight is 350 g/mol. The van der Waals surface area contributed by atoms with Gasteiger partial charge in [0, 0.05) is 35.0 Å². The number of hydrogen-bond donors (Lipinski definition) is 1. The van der Waals surface area contributed by atoms with E-state index in [1.165, 1.54) is 16.0 Å². The molecule has 1 N–H and O–H groups in total. The van der Waals surface area contributed by atoms with Crippen molar-refractivity contribution in [3.8, 4) is 5.82 Å². The number of carbonyl (C=O) groups excluding carboxylic acids is 1. The molecule has 5 heteroatoms. The van der Waals surface area contributed by atoms with E-state index in [1.807, 2.05) is 37.5 Å². The summed E-state index contributed by atoms with van der Waals surface area (Å²) in [5.41, 5.74) is 5.50. The molecule has 0 bridgehead atoms. The number of hydrogen-bond acceptors (Lipinski definition) is 3. The van der Waals surface area contributed by atoms with E-state index >= 15 is 0 Å². The molecular formula is C21H24N3O2+. The van der Waals surface area contributed by atoms with Crippen LogP contribution in [0, 0.1) is 20.8 Å². The largest absolute Gasteiger partial charge is 0.360 e. The highest BCUT2D eigenvalue weighted by Gasteiger charge is 2.25. The van der Waals surface area contributed by atoms with Crippen molar-refractivity contribution in [3.63, 3.8) is 0 Å². The monoisotopic (exact) mass is 350 g/mol. The molecule has 1 atom stereocenters. The highest BCUT2D eigenvalue weighted by molar-refractivity contribution is 5.98. The maximum Gasteiger partial charge on any atom is 0.218 e. The summed E-state index contributed by atoms with van der Waals surface area (Å²) in [7, 11) is 0. The van der Waals surface area contributed by atoms with Gasteiger partial charge in [-0.3, -0.25) is 9.36 Å². The molecule has 0 amide bonds. The van der Waals surface area contributed by atoms with Crippen LogP contribution in [0.4, 0.5) is 0 Å². The van der Waals surface area contributed by atoms with E-state index < -0.39 is 0 Å². The highest BCUT2D eigenvalue weighted by Crippen LogP contribution is 2.21. The minimum absolute atomic E-state index is 0.193. The van der Waals surface area contributed by atoms with E-state index in [2.05, 4.69) is 29.4 Å². The number of aryl methyl sites for hydroxylation is 2. The Labute approximate surface area is 153 Å². The summed E-state index contributed by atoms with van der Waals surface area (Å²) in [5.74, 6) is 1.69. The fourth-order valence-corrected chi connectivity index (χ4v) is 3.97. The predicted molar refractivity (Wildman–Crippen MR) is 98.9 cm³/mol. The molecule has 3 heterocycles. The van der Waals surface area contributed by atoms with E-state index in [0.717, 1.165) is 48.0 Å². The first kappa shape index (κ1) is 16.8. The van der Waals surface area contributed by atoms with Crippen LogP contribution in [0.15, 0.2) is 40.9 Å². The summed E-state index contributed by atoms with van der Waals surface area (Å²) in [6.07, 6.45) is 1.04. The third kappa shape index (κ3) is 2.99. The number of rotatable bonds is 4. The Morgan fingerprint density at radius 1 is 1.19 bits per heavy atom. The Bertz CT molecular complexity index is 968. The molecule has 0 fully saturated rings. The lowest BCUT2D eigenvalue weighted by Crippen LogP contribution is -3.12. The third-order valence-corrected chi connectivity index (χ3v) is 5.29. The Morgan fingerprint density at radius 2 is 1.96 bits per heavy atom. The Hall–Kier alpha value is -2.66. The van der Waals surface area contributed by atoms with Gasteiger partial charge in [-0.25, -0.2) is 0 Å². The van der Waals surface area contributed by atoms with Crippen LogP contribution >= 0.6 is 0 Å². The van der Waals surface area contributed by atoms with Crippen molar-refractivity contribution in [2.75, 3.05) is 13.1 Å². The first-order chi connectivity index (χ1) is 12.5. The zero-order valence-electron chi connectivity index (χ0n) is 15.5. The first-order valence-electron chi connectivity index (χ1n) is 9.09. The molecule has 4 rings (SSSR count). The zero-order valence-corrected chi connectivity index (χ0v) is 15.5. The van der Waals surface area contributed by atoms with Gasteiger partial charge in [0.15, 0.2) is 5.82 Å². The second-order valence-electron chi connectivity index (χ2n) is 7.21. The number of nitrogens with one attached hydrogen (secondary N) is 1. The van der Waals surface area contributed by atoms with E-state index in [4.69, 9.17) is 4.52 Å². The van der Waals surface area contributed by atoms with Crippen molar-refractivity contribution in [3.05, 3.63) is 70.2 Å². The summed E-state index contributed by atoms with van der Waals surface area (Å²) in [6, 6.07) is 12.4. The van der Waals surface area contributed by atoms with Crippen molar-refractivity contribution >= 4 is 5.78 Å². The predicted octanol–water partition coefficient (Wildman–Crippen LogP) is 2.21. The van der Waals surface area contributed by atoms with Crippen LogP contribution in [0.3, 0.4) is 0 Å². The summed E-state index contributed by atoms with van der Waals surface area (Å²) in [5, 5.41) is 4.09. The number of fused-ring (bicyclic) bond motifs is 1. The minimum atomic E-state index is 0.193. The summed E-state index contributed by atoms with van der Waals surface area (Å²) < 4.78 is 7.18. The molecule has 1 aliphatic rings. The van der Waals surface area contributed by atoms with Crippen LogP contribution in [-0.4, -0.2) is 28.6 Å². The van der Waals surface area contributed by atoms with Crippen molar-refractivity contribution < 1.29 is 14.2 Å². The number of Topliss-reactive ketones (excluding diaryl/α,β-unsaturated/α-hetero) is 1. The van der Waals surface area contributed by atoms with Gasteiger partial charge >= 0.3 is 0 Å². The fourth-order valence-electron chi connectivity index (χ4n) is 3.97. The van der Waals surface area contributed by atoms with Gasteiger partial charge in [0.1, 0.15) is 18.8 Å². The number of aromatic nitrogens is 2. The normalized spacial score (nSPS) is 16.5. The second kappa shape index (κ2) is 6.57. The van der Waals surface area contributed by atoms with Gasteiger partial charge in [-0.1, -0.05) is 29.4 Å². The standard InChI is InChI=1S/C21H23N3O2/c1-14-10-19(16(3)24(14)21-11-15(2)26-22-21)20(25)13-23-9-8-17-6-4-5-7-18(17)12-23/h4-7,10-11H,8-9,12-13H2,1-3H3/p+1. The zero-order chi connectivity index (χ0) is 18.3. The molecule has 1 aromatic carbocycles. The van der Waals surface area contributed by atoms with Crippen LogP contribution in [0.25, 0.3) is 5.82 Å². The molecule has 5 nitrogen and oxygen atoms in total. The smallest absolute Gasteiger partial charge is 0.218 e. The van der Waals surface area contributed by atoms with Gasteiger partial charge in [0.05, 0.1) is 6.54 Å². The molecule has 1 aliphatic heterocycles. The van der Waals surface area contributed by atoms with Crippen LogP contribution < -0.4 is 4.90 Å². The lowest BCUT2D eigenvalue weighted by atomic mass is 9.99. The Balaban J connectivity index is 1.54. The quantitative estimate of drug-likeness (QED) is 0.734. The lowest BCUT2D eigenvalue weighted by molar-refractivity contribution is -0.907. The number of carbonyl (C=O) groups is 1. The van der Waals surface area contributed by atoms with Gasteiger partial charge in [0.2, 0.25) is 5.78 Å². The SMILES string of the molecule is Cc1cc(-n2c(C)cc(C(=O)C[NH+]3CCc4ccccc4C3)c2C)no1. The number of quaternary nitrogens is 1. The summed E-state index contributed by atoms with van der Waals surface area (Å²) in [4.78, 5) is 14.3. The minimum Gasteiger partial charge on any atom is -0.360 e. The van der Waals surface area contributed by atoms with Crippen LogP contribution in [-0.2, 0) is 13.0 Å². The molecular weight excluding hydrogens is 326 g/mol. The van der Waals surface area contributed by atoms with Crippen LogP contribution in [0.1, 0.15) is 38.6 Å². The van der Waals surface area contributed by atoms with E-state index in [0.29, 0.717) is 6.54 Å². The number of ketones is 1. The fraction of sp³-hybridized carbons (Fsp3) is 0.333. The molecule has 0 aliphatic carbocycles. The molecule has 26 heavy (non-hydrogen) atoms. The van der Waals surface area contributed by atoms with Crippen LogP contribution in [0.5, 0.6) is 0 Å². The van der Waals surface area contributed by atoms with Crippen molar-refractivity contribution in [2.24, 2.45) is 0 Å². The maximum atomic E-state index is 13.0. The highest BCUT2D eigenvalue weighted by atomic mass is 16.5. The van der Waals surface area contributed by atoms with Gasteiger partial charge in [-0.2, -0.15) is 0 Å². The molecule has 1 unspecified atom stereocenters. The van der Waals surface area contributed by atoms with Crippen molar-refractivity contribution in [1.29, 1.82) is 0 Å². The van der Waals surface area contributed by atoms with E-state index in [9.17, 15) is 4.79 Å². The summed E-state index contributed by atoms with van der Waals surface area (Å²) in [6.45, 7) is 8.29. The lowest BCUT2D eigenvalue weighted by Gasteiger charge is -2.25. The number of nitrogens with zero attached hydrogens (tertiary/aromatic N) is 2. The topological polar surface area (TPSA) is 52.5 Å². The molecule has 3 aromatic rings. The Morgan fingerprint density at radius 3 is 2.69 bits per heavy atom. The molecule has 0 saturated carbocycles. The Kier molecular flexibility index (Phi) is 4.24. The van der Waals surface area contributed by atoms with E-state index in [1.54, 1.807) is 0 Å². The molecule has 0 saturated heterocycles. The molecule has 0 radical (unpaired) electrons. The second-order valence-corrected chi connectivity index (χ2v) is 7.21. The maximum absolute atomic E-state index is 13.0. The third-order valence-electron chi connectivity index (χ3n) is 5.29. The molecule has 134 valence electrons. The van der Waals surface area contributed by atoms with Gasteiger partial charge in [0.25, 0.3) is 0 Å². The van der Waals surface area contributed by atoms with Gasteiger partial charge in [-0.15, -0.1) is 0 Å². The number of benzene rings is 1. The van der Waals surface area contributed by atoms with Crippen molar-refractivity contribution in [1.82, 2.24) is 9.72 Å². The van der Waals surface area contributed by atoms with Crippen molar-refractivity contribution in [2.45, 2.75) is 33.7 Å². The average Bonchev–Trinajstić information content (AvgIpc) is 3.17. The molecule has 2 aromatic heterocycles. The van der Waals surface area contributed by atoms with Gasteiger partial charge < -0.3 is 9.42 Å².